The Hall–Kier alpha value is -1.76. The number of benzene rings is 1. The van der Waals surface area contributed by atoms with Crippen LogP contribution >= 0.6 is 0 Å². The van der Waals surface area contributed by atoms with Crippen molar-refractivity contribution in [3.63, 3.8) is 0 Å². The van der Waals surface area contributed by atoms with E-state index in [1.54, 1.807) is 0 Å². The molecule has 0 spiro atoms. The molecular formula is C9H8F3NO3. The second kappa shape index (κ2) is 4.01. The number of anilines is 1. The molecule has 0 saturated carbocycles. The van der Waals surface area contributed by atoms with Gasteiger partial charge in [0.15, 0.2) is 0 Å². The number of nitrogen functional groups attached to an aromatic ring is 1. The fourth-order valence-electron chi connectivity index (χ4n) is 1.24. The normalized spacial score (nSPS) is 11.5. The first-order chi connectivity index (χ1) is 7.27. The zero-order valence-corrected chi connectivity index (χ0v) is 7.88. The highest BCUT2D eigenvalue weighted by Crippen LogP contribution is 2.34. The summed E-state index contributed by atoms with van der Waals surface area (Å²) in [6, 6.07) is 1.23. The number of aromatic carboxylic acids is 1. The Balaban J connectivity index is 3.47. The highest BCUT2D eigenvalue weighted by molar-refractivity contribution is 5.94. The van der Waals surface area contributed by atoms with Gasteiger partial charge < -0.3 is 15.9 Å². The molecule has 16 heavy (non-hydrogen) atoms. The molecule has 1 aromatic rings. The zero-order valence-electron chi connectivity index (χ0n) is 7.88. The number of hydrogen-bond acceptors (Lipinski definition) is 3. The third-order valence-corrected chi connectivity index (χ3v) is 1.98. The average Bonchev–Trinajstić information content (AvgIpc) is 2.14. The van der Waals surface area contributed by atoms with Crippen LogP contribution in [0.1, 0.15) is 21.5 Å². The smallest absolute Gasteiger partial charge is 0.416 e. The van der Waals surface area contributed by atoms with Crippen LogP contribution in [-0.2, 0) is 12.8 Å². The Morgan fingerprint density at radius 1 is 1.38 bits per heavy atom. The number of carboxylic acid groups (broad SMARTS) is 1. The van der Waals surface area contributed by atoms with E-state index in [1.807, 2.05) is 0 Å². The standard InChI is InChI=1S/C9H8F3NO3/c10-9(11,12)6-2-5(8(15)16)7(13)1-4(6)3-14/h1-2,14H,3,13H2,(H,15,16). The molecule has 0 aliphatic heterocycles. The van der Waals surface area contributed by atoms with Crippen LogP contribution in [0.25, 0.3) is 0 Å². The monoisotopic (exact) mass is 235 g/mol. The fourth-order valence-corrected chi connectivity index (χ4v) is 1.24. The summed E-state index contributed by atoms with van der Waals surface area (Å²) in [5, 5.41) is 17.3. The summed E-state index contributed by atoms with van der Waals surface area (Å²) in [5.74, 6) is -1.55. The lowest BCUT2D eigenvalue weighted by Gasteiger charge is -2.13. The maximum atomic E-state index is 12.5. The van der Waals surface area contributed by atoms with Gasteiger partial charge in [0.2, 0.25) is 0 Å². The van der Waals surface area contributed by atoms with Crippen molar-refractivity contribution in [3.05, 3.63) is 28.8 Å². The van der Waals surface area contributed by atoms with Gasteiger partial charge in [0.05, 0.1) is 17.7 Å². The van der Waals surface area contributed by atoms with E-state index >= 15 is 0 Å². The lowest BCUT2D eigenvalue weighted by molar-refractivity contribution is -0.138. The fraction of sp³-hybridized carbons (Fsp3) is 0.222. The maximum absolute atomic E-state index is 12.5. The molecule has 7 heteroatoms. The van der Waals surface area contributed by atoms with Gasteiger partial charge in [0.25, 0.3) is 0 Å². The molecule has 0 aliphatic carbocycles. The molecule has 4 nitrogen and oxygen atoms in total. The van der Waals surface area contributed by atoms with Crippen LogP contribution < -0.4 is 5.73 Å². The van der Waals surface area contributed by atoms with E-state index in [-0.39, 0.29) is 5.69 Å². The van der Waals surface area contributed by atoms with E-state index in [0.717, 1.165) is 6.07 Å². The molecule has 0 bridgehead atoms. The van der Waals surface area contributed by atoms with E-state index in [2.05, 4.69) is 0 Å². The summed E-state index contributed by atoms with van der Waals surface area (Å²) < 4.78 is 37.4. The van der Waals surface area contributed by atoms with Crippen molar-refractivity contribution in [2.24, 2.45) is 0 Å². The van der Waals surface area contributed by atoms with Gasteiger partial charge in [-0.2, -0.15) is 13.2 Å². The largest absolute Gasteiger partial charge is 0.478 e. The van der Waals surface area contributed by atoms with Gasteiger partial charge >= 0.3 is 12.1 Å². The molecule has 4 N–H and O–H groups in total. The average molecular weight is 235 g/mol. The minimum atomic E-state index is -4.73. The third-order valence-electron chi connectivity index (χ3n) is 1.98. The molecular weight excluding hydrogens is 227 g/mol. The zero-order chi connectivity index (χ0) is 12.5. The van der Waals surface area contributed by atoms with Crippen LogP contribution in [0, 0.1) is 0 Å². The lowest BCUT2D eigenvalue weighted by Crippen LogP contribution is -2.13. The first-order valence-electron chi connectivity index (χ1n) is 4.11. The Bertz CT molecular complexity index is 429. The Morgan fingerprint density at radius 2 is 1.94 bits per heavy atom. The van der Waals surface area contributed by atoms with Crippen molar-refractivity contribution in [1.29, 1.82) is 0 Å². The SMILES string of the molecule is Nc1cc(CO)c(C(F)(F)F)cc1C(=O)O. The molecule has 1 rings (SSSR count). The van der Waals surface area contributed by atoms with Crippen LogP contribution in [-0.4, -0.2) is 16.2 Å². The number of carbonyl (C=O) groups is 1. The van der Waals surface area contributed by atoms with Gasteiger partial charge in [0, 0.05) is 5.69 Å². The first-order valence-corrected chi connectivity index (χ1v) is 4.11. The molecule has 88 valence electrons. The summed E-state index contributed by atoms with van der Waals surface area (Å²) in [6.45, 7) is -0.862. The number of halogens is 3. The highest BCUT2D eigenvalue weighted by atomic mass is 19.4. The van der Waals surface area contributed by atoms with Gasteiger partial charge in [-0.3, -0.25) is 0 Å². The number of aliphatic hydroxyl groups is 1. The molecule has 0 saturated heterocycles. The number of alkyl halides is 3. The minimum absolute atomic E-state index is 0.315. The first kappa shape index (κ1) is 12.3. The van der Waals surface area contributed by atoms with Crippen LogP contribution in [0.4, 0.5) is 18.9 Å². The van der Waals surface area contributed by atoms with E-state index in [4.69, 9.17) is 15.9 Å². The number of carboxylic acids is 1. The number of rotatable bonds is 2. The van der Waals surface area contributed by atoms with Crippen molar-refractivity contribution in [3.8, 4) is 0 Å². The van der Waals surface area contributed by atoms with Gasteiger partial charge in [0.1, 0.15) is 0 Å². The van der Waals surface area contributed by atoms with Gasteiger partial charge in [-0.15, -0.1) is 0 Å². The third kappa shape index (κ3) is 2.25. The molecule has 0 aromatic heterocycles. The quantitative estimate of drug-likeness (QED) is 0.678. The van der Waals surface area contributed by atoms with Crippen molar-refractivity contribution in [2.75, 3.05) is 5.73 Å². The van der Waals surface area contributed by atoms with E-state index < -0.39 is 35.4 Å². The summed E-state index contributed by atoms with van der Waals surface area (Å²) in [4.78, 5) is 10.6. The van der Waals surface area contributed by atoms with E-state index in [0.29, 0.717) is 6.07 Å². The Labute approximate surface area is 88.1 Å². The number of aliphatic hydroxyl groups excluding tert-OH is 1. The summed E-state index contributed by atoms with van der Waals surface area (Å²) >= 11 is 0. The number of hydrogen-bond donors (Lipinski definition) is 3. The summed E-state index contributed by atoms with van der Waals surface area (Å²) in [6.07, 6.45) is -4.73. The lowest BCUT2D eigenvalue weighted by atomic mass is 10.0. The predicted octanol–water partition coefficient (Wildman–Crippen LogP) is 1.48. The van der Waals surface area contributed by atoms with Gasteiger partial charge in [-0.25, -0.2) is 4.79 Å². The van der Waals surface area contributed by atoms with Crippen LogP contribution in [0.3, 0.4) is 0 Å². The second-order valence-electron chi connectivity index (χ2n) is 3.06. The van der Waals surface area contributed by atoms with Gasteiger partial charge in [-0.05, 0) is 17.7 Å². The molecule has 0 atom stereocenters. The minimum Gasteiger partial charge on any atom is -0.478 e. The van der Waals surface area contributed by atoms with Crippen molar-refractivity contribution in [1.82, 2.24) is 0 Å². The van der Waals surface area contributed by atoms with Crippen LogP contribution in [0.5, 0.6) is 0 Å². The maximum Gasteiger partial charge on any atom is 0.416 e. The topological polar surface area (TPSA) is 83.5 Å². The van der Waals surface area contributed by atoms with Crippen molar-refractivity contribution in [2.45, 2.75) is 12.8 Å². The van der Waals surface area contributed by atoms with E-state index in [1.165, 1.54) is 0 Å². The molecule has 0 amide bonds. The molecule has 0 unspecified atom stereocenters. The van der Waals surface area contributed by atoms with Crippen molar-refractivity contribution < 1.29 is 28.2 Å². The molecule has 0 heterocycles. The highest BCUT2D eigenvalue weighted by Gasteiger charge is 2.34. The molecule has 1 aromatic carbocycles. The van der Waals surface area contributed by atoms with Crippen molar-refractivity contribution >= 4 is 11.7 Å². The molecule has 0 aliphatic rings. The second-order valence-corrected chi connectivity index (χ2v) is 3.06. The predicted molar refractivity (Wildman–Crippen MR) is 48.7 cm³/mol. The molecule has 0 radical (unpaired) electrons. The molecule has 0 fully saturated rings. The Kier molecular flexibility index (Phi) is 3.09. The van der Waals surface area contributed by atoms with Crippen LogP contribution in [0.15, 0.2) is 12.1 Å². The summed E-state index contributed by atoms with van der Waals surface area (Å²) in [5.41, 5.74) is 2.66. The Morgan fingerprint density at radius 3 is 2.31 bits per heavy atom. The number of nitrogens with two attached hydrogens (primary N) is 1. The summed E-state index contributed by atoms with van der Waals surface area (Å²) in [7, 11) is 0. The van der Waals surface area contributed by atoms with E-state index in [9.17, 15) is 18.0 Å². The van der Waals surface area contributed by atoms with Crippen LogP contribution in [0.2, 0.25) is 0 Å². The van der Waals surface area contributed by atoms with Gasteiger partial charge in [-0.1, -0.05) is 0 Å².